The number of aromatic nitrogens is 6. The van der Waals surface area contributed by atoms with Gasteiger partial charge in [-0.25, -0.2) is 14.5 Å². The van der Waals surface area contributed by atoms with E-state index in [0.717, 1.165) is 18.5 Å². The average molecular weight is 475 g/mol. The van der Waals surface area contributed by atoms with E-state index in [0.29, 0.717) is 41.4 Å². The lowest BCUT2D eigenvalue weighted by atomic mass is 9.77. The van der Waals surface area contributed by atoms with E-state index in [1.165, 1.54) is 42.1 Å². The predicted octanol–water partition coefficient (Wildman–Crippen LogP) is 4.56. The fourth-order valence-corrected chi connectivity index (χ4v) is 4.93. The number of carbonyl (C=O) groups excluding carboxylic acids is 1. The molecule has 0 unspecified atom stereocenters. The Morgan fingerprint density at radius 3 is 2.60 bits per heavy atom. The summed E-state index contributed by atoms with van der Waals surface area (Å²) in [6.07, 6.45) is 10.7. The molecule has 1 fully saturated rings. The van der Waals surface area contributed by atoms with Gasteiger partial charge in [0.05, 0.1) is 31.7 Å². The first-order valence-electron chi connectivity index (χ1n) is 12.2. The number of fused-ring (bicyclic) bond motifs is 1. The van der Waals surface area contributed by atoms with Crippen LogP contribution in [0.15, 0.2) is 48.9 Å². The molecule has 0 radical (unpaired) electrons. The van der Waals surface area contributed by atoms with Crippen LogP contribution >= 0.6 is 0 Å². The Morgan fingerprint density at radius 1 is 1.06 bits per heavy atom. The smallest absolute Gasteiger partial charge is 0.341 e. The minimum absolute atomic E-state index is 0.300. The van der Waals surface area contributed by atoms with Crippen LogP contribution in [-0.4, -0.2) is 49.2 Å². The molecule has 0 atom stereocenters. The zero-order chi connectivity index (χ0) is 24.2. The third kappa shape index (κ3) is 4.89. The first-order chi connectivity index (χ1) is 17.2. The SMILES string of the molecule is CCOC(=O)c1cnn(-c2nc(OC)c3c(cnn3CCC3CCC(c4ccccc4)CC3)n2)c1. The summed E-state index contributed by atoms with van der Waals surface area (Å²) in [6, 6.07) is 10.9. The molecule has 0 N–H and O–H groups in total. The predicted molar refractivity (Wildman–Crippen MR) is 131 cm³/mol. The maximum Gasteiger partial charge on any atom is 0.341 e. The van der Waals surface area contributed by atoms with E-state index in [1.54, 1.807) is 26.4 Å². The Kier molecular flexibility index (Phi) is 6.74. The van der Waals surface area contributed by atoms with Crippen LogP contribution < -0.4 is 4.74 Å². The number of nitrogens with zero attached hydrogens (tertiary/aromatic N) is 6. The van der Waals surface area contributed by atoms with E-state index in [4.69, 9.17) is 9.47 Å². The fourth-order valence-electron chi connectivity index (χ4n) is 4.93. The molecule has 182 valence electrons. The largest absolute Gasteiger partial charge is 0.479 e. The Morgan fingerprint density at radius 2 is 1.86 bits per heavy atom. The second-order valence-corrected chi connectivity index (χ2v) is 8.95. The highest BCUT2D eigenvalue weighted by Gasteiger charge is 2.23. The molecule has 4 aromatic rings. The van der Waals surface area contributed by atoms with E-state index in [2.05, 4.69) is 50.5 Å². The summed E-state index contributed by atoms with van der Waals surface area (Å²) in [7, 11) is 1.58. The van der Waals surface area contributed by atoms with Crippen molar-refractivity contribution < 1.29 is 14.3 Å². The van der Waals surface area contributed by atoms with E-state index in [9.17, 15) is 4.79 Å². The van der Waals surface area contributed by atoms with Crippen LogP contribution in [0.1, 0.15) is 60.9 Å². The van der Waals surface area contributed by atoms with Crippen LogP contribution in [0.2, 0.25) is 0 Å². The van der Waals surface area contributed by atoms with Crippen molar-refractivity contribution in [3.05, 3.63) is 60.0 Å². The number of hydrogen-bond donors (Lipinski definition) is 0. The second-order valence-electron chi connectivity index (χ2n) is 8.95. The maximum absolute atomic E-state index is 12.0. The third-order valence-electron chi connectivity index (χ3n) is 6.80. The monoisotopic (exact) mass is 474 g/mol. The molecule has 9 heteroatoms. The first-order valence-corrected chi connectivity index (χ1v) is 12.2. The van der Waals surface area contributed by atoms with Crippen LogP contribution in [0.25, 0.3) is 17.0 Å². The van der Waals surface area contributed by atoms with E-state index >= 15 is 0 Å². The highest BCUT2D eigenvalue weighted by molar-refractivity contribution is 5.88. The van der Waals surface area contributed by atoms with Gasteiger partial charge in [-0.3, -0.25) is 4.68 Å². The normalized spacial score (nSPS) is 18.0. The topological polar surface area (TPSA) is 97.0 Å². The number of hydrogen-bond acceptors (Lipinski definition) is 7. The van der Waals surface area contributed by atoms with Gasteiger partial charge in [0.2, 0.25) is 5.88 Å². The van der Waals surface area contributed by atoms with Crippen LogP contribution in [0, 0.1) is 5.92 Å². The van der Waals surface area contributed by atoms with Crippen LogP contribution in [0.3, 0.4) is 0 Å². The zero-order valence-corrected chi connectivity index (χ0v) is 20.1. The van der Waals surface area contributed by atoms with Crippen molar-refractivity contribution in [2.75, 3.05) is 13.7 Å². The molecule has 1 aromatic carbocycles. The molecule has 0 spiro atoms. The molecule has 5 rings (SSSR count). The lowest BCUT2D eigenvalue weighted by Gasteiger charge is -2.28. The quantitative estimate of drug-likeness (QED) is 0.345. The molecule has 1 aliphatic rings. The van der Waals surface area contributed by atoms with Crippen molar-refractivity contribution in [1.82, 2.24) is 29.5 Å². The standard InChI is InChI=1S/C26H30N6O3/c1-3-35-25(33)21-15-27-32(17-21)26-29-22-16-28-31(23(22)24(30-26)34-2)14-13-18-9-11-20(12-10-18)19-7-5-4-6-8-19/h4-8,15-18,20H,3,9-14H2,1-2H3. The van der Waals surface area contributed by atoms with E-state index in [-0.39, 0.29) is 0 Å². The molecule has 1 aliphatic carbocycles. The summed E-state index contributed by atoms with van der Waals surface area (Å²) in [6.45, 7) is 2.85. The van der Waals surface area contributed by atoms with Crippen LogP contribution in [-0.2, 0) is 11.3 Å². The van der Waals surface area contributed by atoms with Crippen molar-refractivity contribution >= 4 is 17.0 Å². The highest BCUT2D eigenvalue weighted by Crippen LogP contribution is 2.37. The summed E-state index contributed by atoms with van der Waals surface area (Å²) in [5.41, 5.74) is 3.25. The lowest BCUT2D eigenvalue weighted by Crippen LogP contribution is -2.16. The Hall–Kier alpha value is -3.75. The van der Waals surface area contributed by atoms with Crippen molar-refractivity contribution in [1.29, 1.82) is 0 Å². The number of aryl methyl sites for hydroxylation is 1. The lowest BCUT2D eigenvalue weighted by molar-refractivity contribution is 0.0526. The van der Waals surface area contributed by atoms with Gasteiger partial charge in [0.25, 0.3) is 5.95 Å². The van der Waals surface area contributed by atoms with Crippen molar-refractivity contribution in [3.63, 3.8) is 0 Å². The molecular weight excluding hydrogens is 444 g/mol. The Balaban J connectivity index is 1.28. The van der Waals surface area contributed by atoms with Gasteiger partial charge in [0.15, 0.2) is 0 Å². The fraction of sp³-hybridized carbons (Fsp3) is 0.423. The molecule has 9 nitrogen and oxygen atoms in total. The Labute approximate surface area is 204 Å². The number of carbonyl (C=O) groups is 1. The molecule has 0 bridgehead atoms. The van der Waals surface area contributed by atoms with E-state index < -0.39 is 5.97 Å². The van der Waals surface area contributed by atoms with Gasteiger partial charge in [-0.1, -0.05) is 30.3 Å². The number of ether oxygens (including phenoxy) is 2. The number of esters is 1. The first kappa shape index (κ1) is 23.0. The number of rotatable bonds is 8. The number of benzene rings is 1. The van der Waals surface area contributed by atoms with Gasteiger partial charge in [-0.2, -0.15) is 15.2 Å². The van der Waals surface area contributed by atoms with Gasteiger partial charge in [0, 0.05) is 12.7 Å². The van der Waals surface area contributed by atoms with Gasteiger partial charge in [-0.15, -0.1) is 0 Å². The van der Waals surface area contributed by atoms with Crippen molar-refractivity contribution in [2.45, 2.75) is 51.5 Å². The molecule has 1 saturated carbocycles. The molecule has 35 heavy (non-hydrogen) atoms. The molecule has 3 heterocycles. The zero-order valence-electron chi connectivity index (χ0n) is 20.1. The van der Waals surface area contributed by atoms with Gasteiger partial charge in [0.1, 0.15) is 11.0 Å². The molecule has 0 amide bonds. The van der Waals surface area contributed by atoms with Gasteiger partial charge < -0.3 is 9.47 Å². The summed E-state index contributed by atoms with van der Waals surface area (Å²) >= 11 is 0. The maximum atomic E-state index is 12.0. The van der Waals surface area contributed by atoms with E-state index in [1.807, 2.05) is 4.68 Å². The minimum Gasteiger partial charge on any atom is -0.479 e. The summed E-state index contributed by atoms with van der Waals surface area (Å²) in [5.74, 6) is 1.67. The summed E-state index contributed by atoms with van der Waals surface area (Å²) in [4.78, 5) is 21.1. The summed E-state index contributed by atoms with van der Waals surface area (Å²) in [5, 5.41) is 8.79. The van der Waals surface area contributed by atoms with Crippen LogP contribution in [0.4, 0.5) is 0 Å². The number of methoxy groups -OCH3 is 1. The minimum atomic E-state index is -0.433. The van der Waals surface area contributed by atoms with Crippen molar-refractivity contribution in [3.8, 4) is 11.8 Å². The van der Waals surface area contributed by atoms with Gasteiger partial charge in [-0.05, 0) is 56.4 Å². The van der Waals surface area contributed by atoms with Gasteiger partial charge >= 0.3 is 5.97 Å². The highest BCUT2D eigenvalue weighted by atomic mass is 16.5. The van der Waals surface area contributed by atoms with Crippen LogP contribution in [0.5, 0.6) is 5.88 Å². The molecule has 0 aliphatic heterocycles. The second kappa shape index (κ2) is 10.2. The summed E-state index contributed by atoms with van der Waals surface area (Å²) < 4.78 is 14.0. The average Bonchev–Trinajstić information content (AvgIpc) is 3.56. The molecule has 0 saturated heterocycles. The van der Waals surface area contributed by atoms with Crippen molar-refractivity contribution in [2.24, 2.45) is 5.92 Å². The molecular formula is C26H30N6O3. The molecule has 3 aromatic heterocycles. The Bertz CT molecular complexity index is 1290. The third-order valence-corrected chi connectivity index (χ3v) is 6.80.